The molecule has 3 rings (SSSR count). The van der Waals surface area contributed by atoms with E-state index < -0.39 is 11.7 Å². The van der Waals surface area contributed by atoms with Crippen LogP contribution in [-0.2, 0) is 12.6 Å². The minimum atomic E-state index is -4.36. The van der Waals surface area contributed by atoms with Crippen LogP contribution in [0.1, 0.15) is 11.4 Å². The molecular weight excluding hydrogens is 305 g/mol. The van der Waals surface area contributed by atoms with Gasteiger partial charge in [-0.25, -0.2) is 4.98 Å². The molecule has 0 aliphatic carbocycles. The van der Waals surface area contributed by atoms with Gasteiger partial charge in [0.1, 0.15) is 0 Å². The van der Waals surface area contributed by atoms with E-state index in [0.29, 0.717) is 34.1 Å². The van der Waals surface area contributed by atoms with Gasteiger partial charge in [-0.15, -0.1) is 0 Å². The molecule has 0 aliphatic heterocycles. The van der Waals surface area contributed by atoms with E-state index in [0.717, 1.165) is 12.1 Å². The summed E-state index contributed by atoms with van der Waals surface area (Å²) in [7, 11) is 0. The Morgan fingerprint density at radius 3 is 2.86 bits per heavy atom. The van der Waals surface area contributed by atoms with Crippen LogP contribution in [0.2, 0.25) is 0 Å². The van der Waals surface area contributed by atoms with Crippen molar-refractivity contribution < 1.29 is 17.7 Å². The van der Waals surface area contributed by atoms with E-state index >= 15 is 0 Å². The van der Waals surface area contributed by atoms with E-state index in [4.69, 9.17) is 0 Å². The number of alkyl halides is 3. The van der Waals surface area contributed by atoms with Crippen LogP contribution in [0.15, 0.2) is 29.1 Å². The van der Waals surface area contributed by atoms with Crippen LogP contribution in [0.25, 0.3) is 10.2 Å². The molecule has 0 saturated heterocycles. The van der Waals surface area contributed by atoms with Gasteiger partial charge in [-0.2, -0.15) is 18.2 Å². The third-order valence-corrected chi connectivity index (χ3v) is 3.74. The summed E-state index contributed by atoms with van der Waals surface area (Å²) in [5, 5.41) is 7.26. The molecule has 1 N–H and O–H groups in total. The molecule has 0 spiro atoms. The number of benzene rings is 1. The normalized spacial score (nSPS) is 12.0. The molecule has 9 heteroatoms. The van der Waals surface area contributed by atoms with E-state index in [1.165, 1.54) is 23.8 Å². The van der Waals surface area contributed by atoms with Crippen molar-refractivity contribution in [2.45, 2.75) is 12.6 Å². The standard InChI is InChI=1S/C12H9F3N4OS/c13-12(14,15)7-1-2-9-8(5-7)18-11(21-9)16-4-3-10-17-6-20-19-10/h1-2,5-6H,3-4H2,(H,16,18). The summed E-state index contributed by atoms with van der Waals surface area (Å²) in [4.78, 5) is 8.02. The van der Waals surface area contributed by atoms with E-state index in [1.807, 2.05) is 0 Å². The van der Waals surface area contributed by atoms with Crippen molar-refractivity contribution in [3.63, 3.8) is 0 Å². The number of aromatic nitrogens is 3. The minimum Gasteiger partial charge on any atom is -0.361 e. The fraction of sp³-hybridized carbons (Fsp3) is 0.250. The third kappa shape index (κ3) is 3.13. The fourth-order valence-electron chi connectivity index (χ4n) is 1.76. The number of hydrogen-bond acceptors (Lipinski definition) is 6. The highest BCUT2D eigenvalue weighted by molar-refractivity contribution is 7.22. The summed E-state index contributed by atoms with van der Waals surface area (Å²) in [6.07, 6.45) is -2.57. The number of thiazole rings is 1. The summed E-state index contributed by atoms with van der Waals surface area (Å²) >= 11 is 1.30. The molecule has 21 heavy (non-hydrogen) atoms. The zero-order chi connectivity index (χ0) is 14.9. The SMILES string of the molecule is FC(F)(F)c1ccc2sc(NCCc3ncon3)nc2c1. The maximum Gasteiger partial charge on any atom is 0.416 e. The molecule has 1 aromatic carbocycles. The fourth-order valence-corrected chi connectivity index (χ4v) is 2.63. The van der Waals surface area contributed by atoms with Crippen LogP contribution in [0.3, 0.4) is 0 Å². The number of nitrogens with one attached hydrogen (secondary N) is 1. The minimum absolute atomic E-state index is 0.330. The number of nitrogens with zero attached hydrogens (tertiary/aromatic N) is 3. The number of hydrogen-bond donors (Lipinski definition) is 1. The van der Waals surface area contributed by atoms with Crippen LogP contribution in [0, 0.1) is 0 Å². The van der Waals surface area contributed by atoms with Crippen LogP contribution in [0.5, 0.6) is 0 Å². The first-order valence-corrected chi connectivity index (χ1v) is 6.81. The Hall–Kier alpha value is -2.16. The van der Waals surface area contributed by atoms with E-state index in [-0.39, 0.29) is 0 Å². The molecule has 3 aromatic rings. The number of rotatable bonds is 4. The van der Waals surface area contributed by atoms with Crippen molar-refractivity contribution in [2.24, 2.45) is 0 Å². The zero-order valence-electron chi connectivity index (χ0n) is 10.5. The van der Waals surface area contributed by atoms with E-state index in [1.54, 1.807) is 0 Å². The Balaban J connectivity index is 1.72. The van der Waals surface area contributed by atoms with Gasteiger partial charge in [0.05, 0.1) is 15.8 Å². The summed E-state index contributed by atoms with van der Waals surface area (Å²) in [6.45, 7) is 0.519. The molecule has 2 heterocycles. The molecule has 0 amide bonds. The van der Waals surface area contributed by atoms with Crippen molar-refractivity contribution >= 4 is 26.7 Å². The number of anilines is 1. The topological polar surface area (TPSA) is 63.8 Å². The van der Waals surface area contributed by atoms with Gasteiger partial charge in [0, 0.05) is 13.0 Å². The average Bonchev–Trinajstić information content (AvgIpc) is 3.05. The molecule has 0 aliphatic rings. The predicted octanol–water partition coefficient (Wildman–Crippen LogP) is 3.35. The molecular formula is C12H9F3N4OS. The first-order valence-electron chi connectivity index (χ1n) is 5.99. The van der Waals surface area contributed by atoms with Gasteiger partial charge < -0.3 is 9.84 Å². The Kier molecular flexibility index (Phi) is 3.50. The highest BCUT2D eigenvalue weighted by Crippen LogP contribution is 2.33. The summed E-state index contributed by atoms with van der Waals surface area (Å²) in [5.74, 6) is 0.558. The summed E-state index contributed by atoms with van der Waals surface area (Å²) in [5.41, 5.74) is -0.365. The van der Waals surface area contributed by atoms with Gasteiger partial charge in [0.15, 0.2) is 11.0 Å². The Bertz CT molecular complexity index is 739. The van der Waals surface area contributed by atoms with Gasteiger partial charge in [0.2, 0.25) is 6.39 Å². The Morgan fingerprint density at radius 1 is 1.29 bits per heavy atom. The molecule has 2 aromatic heterocycles. The molecule has 0 fully saturated rings. The zero-order valence-corrected chi connectivity index (χ0v) is 11.3. The highest BCUT2D eigenvalue weighted by atomic mass is 32.1. The molecule has 0 radical (unpaired) electrons. The molecule has 110 valence electrons. The van der Waals surface area contributed by atoms with Crippen molar-refractivity contribution in [3.8, 4) is 0 Å². The van der Waals surface area contributed by atoms with Crippen molar-refractivity contribution in [2.75, 3.05) is 11.9 Å². The lowest BCUT2D eigenvalue weighted by Crippen LogP contribution is -2.05. The lowest BCUT2D eigenvalue weighted by atomic mass is 10.2. The molecule has 0 unspecified atom stereocenters. The largest absolute Gasteiger partial charge is 0.416 e. The smallest absolute Gasteiger partial charge is 0.361 e. The first kappa shape index (κ1) is 13.8. The highest BCUT2D eigenvalue weighted by Gasteiger charge is 2.30. The van der Waals surface area contributed by atoms with E-state index in [2.05, 4.69) is 25.0 Å². The van der Waals surface area contributed by atoms with Gasteiger partial charge in [-0.3, -0.25) is 0 Å². The molecule has 0 saturated carbocycles. The number of halogens is 3. The maximum atomic E-state index is 12.6. The second kappa shape index (κ2) is 5.32. The quantitative estimate of drug-likeness (QED) is 0.800. The second-order valence-electron chi connectivity index (χ2n) is 4.22. The summed E-state index contributed by atoms with van der Waals surface area (Å²) in [6, 6.07) is 3.54. The maximum absolute atomic E-state index is 12.6. The molecule has 0 bridgehead atoms. The van der Waals surface area contributed by atoms with Crippen molar-refractivity contribution in [1.82, 2.24) is 15.1 Å². The Labute approximate surface area is 120 Å². The van der Waals surface area contributed by atoms with Crippen LogP contribution < -0.4 is 5.32 Å². The van der Waals surface area contributed by atoms with Crippen molar-refractivity contribution in [1.29, 1.82) is 0 Å². The van der Waals surface area contributed by atoms with Gasteiger partial charge in [-0.1, -0.05) is 16.5 Å². The van der Waals surface area contributed by atoms with Gasteiger partial charge >= 0.3 is 6.18 Å². The first-order chi connectivity index (χ1) is 10.0. The monoisotopic (exact) mass is 314 g/mol. The Morgan fingerprint density at radius 2 is 2.14 bits per heavy atom. The van der Waals surface area contributed by atoms with Gasteiger partial charge in [-0.05, 0) is 18.2 Å². The van der Waals surface area contributed by atoms with Crippen LogP contribution in [-0.4, -0.2) is 21.7 Å². The predicted molar refractivity (Wildman–Crippen MR) is 71.1 cm³/mol. The van der Waals surface area contributed by atoms with E-state index in [9.17, 15) is 13.2 Å². The van der Waals surface area contributed by atoms with Crippen LogP contribution in [0.4, 0.5) is 18.3 Å². The summed E-state index contributed by atoms with van der Waals surface area (Å²) < 4.78 is 43.2. The van der Waals surface area contributed by atoms with Crippen LogP contribution >= 0.6 is 11.3 Å². The molecule has 0 atom stereocenters. The third-order valence-electron chi connectivity index (χ3n) is 2.75. The van der Waals surface area contributed by atoms with Crippen molar-refractivity contribution in [3.05, 3.63) is 36.0 Å². The average molecular weight is 314 g/mol. The number of fused-ring (bicyclic) bond motifs is 1. The second-order valence-corrected chi connectivity index (χ2v) is 5.25. The molecule has 5 nitrogen and oxygen atoms in total. The lowest BCUT2D eigenvalue weighted by molar-refractivity contribution is -0.137. The van der Waals surface area contributed by atoms with Gasteiger partial charge in [0.25, 0.3) is 0 Å². The lowest BCUT2D eigenvalue weighted by Gasteiger charge is -2.04.